The molecule has 1 atom stereocenters. The molecule has 0 radical (unpaired) electrons. The Morgan fingerprint density at radius 1 is 1.35 bits per heavy atom. The normalized spacial score (nSPS) is 18.0. The monoisotopic (exact) mass is 323 g/mol. The van der Waals surface area contributed by atoms with Crippen molar-refractivity contribution in [3.8, 4) is 0 Å². The smallest absolute Gasteiger partial charge is 0.311 e. The van der Waals surface area contributed by atoms with Gasteiger partial charge < -0.3 is 5.32 Å². The number of hydrogen-bond acceptors (Lipinski definition) is 2. The van der Waals surface area contributed by atoms with Gasteiger partial charge in [0.25, 0.3) is 0 Å². The molecule has 0 aliphatic carbocycles. The third-order valence-corrected chi connectivity index (χ3v) is 3.95. The predicted octanol–water partition coefficient (Wildman–Crippen LogP) is 3.96. The number of carbonyl (C=O) groups is 1. The maximum Gasteiger partial charge on any atom is 0.416 e. The Hall–Kier alpha value is -2.31. The number of rotatable bonds is 2. The molecule has 1 aromatic carbocycles. The van der Waals surface area contributed by atoms with Gasteiger partial charge in [0.15, 0.2) is 0 Å². The van der Waals surface area contributed by atoms with Crippen molar-refractivity contribution in [1.82, 2.24) is 9.78 Å². The van der Waals surface area contributed by atoms with Crippen LogP contribution in [0.4, 0.5) is 19.0 Å². The third kappa shape index (κ3) is 2.83. The van der Waals surface area contributed by atoms with Crippen molar-refractivity contribution in [1.29, 1.82) is 0 Å². The lowest BCUT2D eigenvalue weighted by molar-refractivity contribution is -0.137. The Kier molecular flexibility index (Phi) is 3.66. The van der Waals surface area contributed by atoms with Crippen LogP contribution in [0.5, 0.6) is 0 Å². The van der Waals surface area contributed by atoms with Gasteiger partial charge in [0, 0.05) is 23.9 Å². The van der Waals surface area contributed by atoms with Crippen LogP contribution in [0.15, 0.2) is 30.5 Å². The number of halogens is 3. The highest BCUT2D eigenvalue weighted by Gasteiger charge is 2.34. The highest BCUT2D eigenvalue weighted by molar-refractivity contribution is 5.94. The second-order valence-electron chi connectivity index (χ2n) is 5.91. The van der Waals surface area contributed by atoms with E-state index in [4.69, 9.17) is 0 Å². The molecule has 2 heterocycles. The fourth-order valence-electron chi connectivity index (χ4n) is 2.86. The second-order valence-corrected chi connectivity index (χ2v) is 5.91. The quantitative estimate of drug-likeness (QED) is 0.909. The summed E-state index contributed by atoms with van der Waals surface area (Å²) in [6, 6.07) is 5.18. The molecule has 1 unspecified atom stereocenters. The van der Waals surface area contributed by atoms with Gasteiger partial charge in [0.2, 0.25) is 5.91 Å². The van der Waals surface area contributed by atoms with E-state index in [1.807, 2.05) is 13.8 Å². The molecule has 23 heavy (non-hydrogen) atoms. The van der Waals surface area contributed by atoms with Gasteiger partial charge in [-0.3, -0.25) is 4.79 Å². The van der Waals surface area contributed by atoms with Crippen LogP contribution in [0.3, 0.4) is 0 Å². The summed E-state index contributed by atoms with van der Waals surface area (Å²) in [7, 11) is 0. The summed E-state index contributed by atoms with van der Waals surface area (Å²) in [5.41, 5.74) is 0.510. The fourth-order valence-corrected chi connectivity index (χ4v) is 2.86. The Bertz CT molecular complexity index is 749. The maximum atomic E-state index is 12.9. The number of fused-ring (bicyclic) bond motifs is 1. The average molecular weight is 323 g/mol. The number of alkyl halides is 3. The summed E-state index contributed by atoms with van der Waals surface area (Å²) in [5, 5.41) is 7.03. The zero-order valence-electron chi connectivity index (χ0n) is 12.7. The first-order valence-electron chi connectivity index (χ1n) is 7.31. The number of aromatic nitrogens is 2. The van der Waals surface area contributed by atoms with Crippen molar-refractivity contribution in [2.24, 2.45) is 0 Å². The van der Waals surface area contributed by atoms with Crippen molar-refractivity contribution in [3.05, 3.63) is 47.2 Å². The number of amides is 1. The Labute approximate surface area is 131 Å². The molecule has 7 heteroatoms. The van der Waals surface area contributed by atoms with Gasteiger partial charge in [0.05, 0.1) is 11.8 Å². The van der Waals surface area contributed by atoms with E-state index in [2.05, 4.69) is 10.4 Å². The minimum absolute atomic E-state index is 0.0410. The molecule has 1 aliphatic heterocycles. The Morgan fingerprint density at radius 2 is 2.09 bits per heavy atom. The van der Waals surface area contributed by atoms with E-state index in [9.17, 15) is 18.0 Å². The van der Waals surface area contributed by atoms with Gasteiger partial charge in [-0.05, 0) is 25.5 Å². The average Bonchev–Trinajstić information content (AvgIpc) is 2.89. The summed E-state index contributed by atoms with van der Waals surface area (Å²) in [5.74, 6) is -0.0745. The Balaban J connectivity index is 2.07. The molecular weight excluding hydrogens is 307 g/mol. The molecule has 1 N–H and O–H groups in total. The molecular formula is C16H16F3N3O. The molecule has 0 saturated heterocycles. The zero-order valence-corrected chi connectivity index (χ0v) is 12.7. The van der Waals surface area contributed by atoms with Gasteiger partial charge in [-0.25, -0.2) is 4.68 Å². The zero-order chi connectivity index (χ0) is 16.8. The van der Waals surface area contributed by atoms with Crippen molar-refractivity contribution >= 4 is 11.7 Å². The summed E-state index contributed by atoms with van der Waals surface area (Å²) >= 11 is 0. The number of hydrogen-bond donors (Lipinski definition) is 1. The molecule has 1 aliphatic rings. The molecule has 2 aromatic rings. The van der Waals surface area contributed by atoms with E-state index < -0.39 is 17.7 Å². The van der Waals surface area contributed by atoms with Crippen LogP contribution in [0.25, 0.3) is 0 Å². The van der Waals surface area contributed by atoms with Crippen LogP contribution in [0.1, 0.15) is 48.9 Å². The highest BCUT2D eigenvalue weighted by Crippen LogP contribution is 2.39. The topological polar surface area (TPSA) is 46.9 Å². The number of anilines is 1. The van der Waals surface area contributed by atoms with E-state index >= 15 is 0 Å². The van der Waals surface area contributed by atoms with E-state index in [1.165, 1.54) is 6.07 Å². The lowest BCUT2D eigenvalue weighted by Gasteiger charge is -2.25. The predicted molar refractivity (Wildman–Crippen MR) is 79.1 cm³/mol. The fraction of sp³-hybridized carbons (Fsp3) is 0.375. The van der Waals surface area contributed by atoms with Gasteiger partial charge >= 0.3 is 6.18 Å². The first kappa shape index (κ1) is 15.6. The molecule has 0 fully saturated rings. The number of benzene rings is 1. The van der Waals surface area contributed by atoms with Crippen molar-refractivity contribution in [2.75, 3.05) is 5.32 Å². The highest BCUT2D eigenvalue weighted by atomic mass is 19.4. The minimum atomic E-state index is -4.40. The molecule has 0 saturated carbocycles. The Morgan fingerprint density at radius 3 is 2.74 bits per heavy atom. The van der Waals surface area contributed by atoms with Gasteiger partial charge in [0.1, 0.15) is 5.82 Å². The molecule has 1 aromatic heterocycles. The molecule has 3 rings (SSSR count). The largest absolute Gasteiger partial charge is 0.416 e. The summed E-state index contributed by atoms with van der Waals surface area (Å²) in [6.45, 7) is 3.85. The lowest BCUT2D eigenvalue weighted by atomic mass is 9.86. The van der Waals surface area contributed by atoms with Crippen LogP contribution in [-0.2, 0) is 11.0 Å². The van der Waals surface area contributed by atoms with E-state index in [1.54, 1.807) is 16.9 Å². The van der Waals surface area contributed by atoms with E-state index in [-0.39, 0.29) is 18.4 Å². The van der Waals surface area contributed by atoms with Crippen molar-refractivity contribution < 1.29 is 18.0 Å². The summed E-state index contributed by atoms with van der Waals surface area (Å²) < 4.78 is 40.4. The first-order chi connectivity index (χ1) is 10.8. The van der Waals surface area contributed by atoms with E-state index in [0.717, 1.165) is 17.7 Å². The van der Waals surface area contributed by atoms with Crippen molar-refractivity contribution in [2.45, 2.75) is 38.4 Å². The first-order valence-corrected chi connectivity index (χ1v) is 7.31. The molecule has 122 valence electrons. The van der Waals surface area contributed by atoms with Crippen LogP contribution in [0.2, 0.25) is 0 Å². The standard InChI is InChI=1S/C16H16F3N3O/c1-9(2)22-15-13(8-20-22)12(7-14(23)21-15)10-4-3-5-11(6-10)16(17,18)19/h3-6,8-9,12H,7H2,1-2H3,(H,21,23). The molecule has 0 bridgehead atoms. The van der Waals surface area contributed by atoms with Gasteiger partial charge in [-0.1, -0.05) is 18.2 Å². The maximum absolute atomic E-state index is 12.9. The lowest BCUT2D eigenvalue weighted by Crippen LogP contribution is -2.25. The number of nitrogens with zero attached hydrogens (tertiary/aromatic N) is 2. The van der Waals surface area contributed by atoms with Crippen LogP contribution < -0.4 is 5.32 Å². The minimum Gasteiger partial charge on any atom is -0.311 e. The van der Waals surface area contributed by atoms with Crippen LogP contribution >= 0.6 is 0 Å². The van der Waals surface area contributed by atoms with Crippen LogP contribution in [-0.4, -0.2) is 15.7 Å². The SMILES string of the molecule is CC(C)n1ncc2c1NC(=O)CC2c1cccc(C(F)(F)F)c1. The van der Waals surface area contributed by atoms with Crippen molar-refractivity contribution in [3.63, 3.8) is 0 Å². The third-order valence-electron chi connectivity index (χ3n) is 3.95. The summed E-state index contributed by atoms with van der Waals surface area (Å²) in [4.78, 5) is 12.0. The number of carbonyl (C=O) groups excluding carboxylic acids is 1. The summed E-state index contributed by atoms with van der Waals surface area (Å²) in [6.07, 6.45) is -2.67. The second kappa shape index (κ2) is 5.40. The molecule has 0 spiro atoms. The van der Waals surface area contributed by atoms with Crippen LogP contribution in [0, 0.1) is 0 Å². The molecule has 1 amide bonds. The number of nitrogens with one attached hydrogen (secondary N) is 1. The van der Waals surface area contributed by atoms with Gasteiger partial charge in [-0.15, -0.1) is 0 Å². The molecule has 4 nitrogen and oxygen atoms in total. The van der Waals surface area contributed by atoms with Gasteiger partial charge in [-0.2, -0.15) is 18.3 Å². The van der Waals surface area contributed by atoms with E-state index in [0.29, 0.717) is 11.4 Å².